The van der Waals surface area contributed by atoms with Crippen molar-refractivity contribution in [3.05, 3.63) is 149 Å². The third kappa shape index (κ3) is 6.80. The van der Waals surface area contributed by atoms with E-state index in [0.29, 0.717) is 15.4 Å². The smallest absolute Gasteiger partial charge is 0.289 e. The second-order valence-corrected chi connectivity index (χ2v) is 15.3. The maximum atomic E-state index is 13.9. The van der Waals surface area contributed by atoms with E-state index in [1.54, 1.807) is 48.5 Å². The van der Waals surface area contributed by atoms with Crippen LogP contribution in [0.15, 0.2) is 146 Å². The summed E-state index contributed by atoms with van der Waals surface area (Å²) in [6, 6.07) is 27.5. The molecule has 0 aromatic heterocycles. The molecule has 13 heteroatoms. The molecule has 0 spiro atoms. The highest BCUT2D eigenvalue weighted by atomic mass is 35.5. The molecule has 0 bridgehead atoms. The van der Waals surface area contributed by atoms with Crippen LogP contribution in [0.3, 0.4) is 0 Å². The Morgan fingerprint density at radius 1 is 0.667 bits per heavy atom. The zero-order valence-electron chi connectivity index (χ0n) is 22.7. The summed E-state index contributed by atoms with van der Waals surface area (Å²) in [4.78, 5) is 14.2. The standard InChI is InChI=1S/C32H20ClF5O4S3/c33-28-7-4-8-29(30(28)31(39)21-5-2-1-3-6-21)43-24-13-19-27(20-14-24)44(25-15-9-22(34)10-16-25,26-17-11-23(35)12-18-26)42-45(40,41)32(36,37)38/h1-20H. The molecule has 0 heterocycles. The van der Waals surface area contributed by atoms with E-state index in [1.807, 2.05) is 0 Å². The van der Waals surface area contributed by atoms with Crippen LogP contribution in [0.4, 0.5) is 22.0 Å². The molecule has 0 aliphatic carbocycles. The van der Waals surface area contributed by atoms with Crippen LogP contribution in [0.1, 0.15) is 15.9 Å². The van der Waals surface area contributed by atoms with Crippen LogP contribution >= 0.6 is 33.7 Å². The fourth-order valence-corrected chi connectivity index (χ4v) is 10.3. The van der Waals surface area contributed by atoms with Gasteiger partial charge >= 0.3 is 15.6 Å². The van der Waals surface area contributed by atoms with Crippen molar-refractivity contribution in [1.82, 2.24) is 0 Å². The molecule has 0 aliphatic rings. The Morgan fingerprint density at radius 3 is 1.64 bits per heavy atom. The minimum atomic E-state index is -6.23. The van der Waals surface area contributed by atoms with Gasteiger partial charge in [0.1, 0.15) is 11.6 Å². The van der Waals surface area contributed by atoms with Crippen LogP contribution in [-0.2, 0) is 13.7 Å². The highest BCUT2D eigenvalue weighted by Gasteiger charge is 2.52. The molecule has 5 rings (SSSR count). The SMILES string of the molecule is O=C(c1ccccc1)c1c(Cl)cccc1Sc1ccc(S(OS(=O)(=O)C(F)(F)F)(c2ccc(F)cc2)c2ccc(F)cc2)cc1. The lowest BCUT2D eigenvalue weighted by Crippen LogP contribution is -2.27. The zero-order chi connectivity index (χ0) is 32.4. The highest BCUT2D eigenvalue weighted by molar-refractivity contribution is 8.33. The van der Waals surface area contributed by atoms with Crippen LogP contribution in [-0.4, -0.2) is 19.7 Å². The van der Waals surface area contributed by atoms with Crippen molar-refractivity contribution < 1.29 is 38.8 Å². The topological polar surface area (TPSA) is 60.4 Å². The number of carbonyl (C=O) groups excluding carboxylic acids is 1. The van der Waals surface area contributed by atoms with Crippen molar-refractivity contribution in [2.45, 2.75) is 30.0 Å². The third-order valence-corrected chi connectivity index (χ3v) is 12.7. The minimum Gasteiger partial charge on any atom is -0.289 e. The first-order valence-electron chi connectivity index (χ1n) is 12.8. The van der Waals surface area contributed by atoms with E-state index >= 15 is 0 Å². The number of rotatable bonds is 9. The summed E-state index contributed by atoms with van der Waals surface area (Å²) < 4.78 is 99.3. The van der Waals surface area contributed by atoms with Crippen molar-refractivity contribution in [3.63, 3.8) is 0 Å². The quantitative estimate of drug-likeness (QED) is 0.0873. The summed E-state index contributed by atoms with van der Waals surface area (Å²) in [6.45, 7) is 0. The van der Waals surface area contributed by atoms with E-state index in [0.717, 1.165) is 60.3 Å². The van der Waals surface area contributed by atoms with E-state index in [9.17, 15) is 35.2 Å². The predicted octanol–water partition coefficient (Wildman–Crippen LogP) is 10.1. The monoisotopic (exact) mass is 694 g/mol. The van der Waals surface area contributed by atoms with Gasteiger partial charge in [-0.1, -0.05) is 59.8 Å². The number of ketones is 1. The van der Waals surface area contributed by atoms with Crippen LogP contribution in [0.25, 0.3) is 0 Å². The molecular formula is C32H20ClF5O4S3. The Labute approximate surface area is 266 Å². The van der Waals surface area contributed by atoms with Crippen molar-refractivity contribution >= 4 is 49.6 Å². The third-order valence-electron chi connectivity index (χ3n) is 6.39. The molecule has 5 aromatic rings. The van der Waals surface area contributed by atoms with E-state index < -0.39 is 37.6 Å². The van der Waals surface area contributed by atoms with Gasteiger partial charge in [0.2, 0.25) is 0 Å². The molecule has 0 saturated heterocycles. The molecule has 4 nitrogen and oxygen atoms in total. The molecule has 0 saturated carbocycles. The largest absolute Gasteiger partial charge is 0.524 e. The van der Waals surface area contributed by atoms with Gasteiger partial charge in [-0.3, -0.25) is 4.79 Å². The Morgan fingerprint density at radius 2 is 1.16 bits per heavy atom. The van der Waals surface area contributed by atoms with E-state index in [4.69, 9.17) is 15.2 Å². The molecule has 0 aliphatic heterocycles. The number of alkyl halides is 3. The van der Waals surface area contributed by atoms with E-state index in [1.165, 1.54) is 24.3 Å². The van der Waals surface area contributed by atoms with E-state index in [-0.39, 0.29) is 31.1 Å². The summed E-state index contributed by atoms with van der Waals surface area (Å²) >= 11 is 7.58. The molecule has 45 heavy (non-hydrogen) atoms. The normalized spacial score (nSPS) is 12.6. The van der Waals surface area contributed by atoms with Crippen LogP contribution in [0, 0.1) is 11.6 Å². The van der Waals surface area contributed by atoms with Crippen molar-refractivity contribution in [1.29, 1.82) is 0 Å². The number of hydrogen-bond acceptors (Lipinski definition) is 5. The first-order valence-corrected chi connectivity index (χ1v) is 17.0. The Bertz CT molecular complexity index is 1890. The van der Waals surface area contributed by atoms with Gasteiger partial charge < -0.3 is 0 Å². The summed E-state index contributed by atoms with van der Waals surface area (Å²) in [6.07, 6.45) is 0. The van der Waals surface area contributed by atoms with Crippen LogP contribution in [0.5, 0.6) is 0 Å². The predicted molar refractivity (Wildman–Crippen MR) is 163 cm³/mol. The van der Waals surface area contributed by atoms with Crippen LogP contribution in [0.2, 0.25) is 5.02 Å². The number of benzene rings is 5. The van der Waals surface area contributed by atoms with Gasteiger partial charge in [0.05, 0.1) is 10.6 Å². The molecule has 5 aromatic carbocycles. The summed E-state index contributed by atoms with van der Waals surface area (Å²) in [7, 11) is -10.0. The number of hydrogen-bond donors (Lipinski definition) is 0. The second-order valence-electron chi connectivity index (χ2n) is 9.31. The molecule has 0 radical (unpaired) electrons. The van der Waals surface area contributed by atoms with E-state index in [2.05, 4.69) is 0 Å². The first kappa shape index (κ1) is 32.7. The van der Waals surface area contributed by atoms with Crippen molar-refractivity contribution in [2.75, 3.05) is 0 Å². The second kappa shape index (κ2) is 13.0. The lowest BCUT2D eigenvalue weighted by atomic mass is 10.0. The maximum Gasteiger partial charge on any atom is 0.524 e. The lowest BCUT2D eigenvalue weighted by molar-refractivity contribution is -0.0496. The zero-order valence-corrected chi connectivity index (χ0v) is 25.9. The van der Waals surface area contributed by atoms with Gasteiger partial charge in [0.25, 0.3) is 0 Å². The Kier molecular flexibility index (Phi) is 9.43. The summed E-state index contributed by atoms with van der Waals surface area (Å²) in [5, 5.41) is 0.215. The molecule has 0 fully saturated rings. The molecule has 0 unspecified atom stereocenters. The Hall–Kier alpha value is -3.68. The summed E-state index contributed by atoms with van der Waals surface area (Å²) in [5.74, 6) is -1.76. The maximum absolute atomic E-state index is 13.9. The summed E-state index contributed by atoms with van der Waals surface area (Å²) in [5.41, 5.74) is -5.13. The number of halogens is 6. The molecule has 0 atom stereocenters. The minimum absolute atomic E-state index is 0.00966. The van der Waals surface area contributed by atoms with Crippen LogP contribution < -0.4 is 0 Å². The van der Waals surface area contributed by atoms with Gasteiger partial charge in [0, 0.05) is 30.0 Å². The molecule has 0 amide bonds. The fourth-order valence-electron chi connectivity index (χ4n) is 4.32. The molecule has 0 N–H and O–H groups in total. The average molecular weight is 695 g/mol. The molecule has 232 valence electrons. The number of carbonyl (C=O) groups is 1. The first-order chi connectivity index (χ1) is 21.3. The molecular weight excluding hydrogens is 675 g/mol. The van der Waals surface area contributed by atoms with Gasteiger partial charge in [0.15, 0.2) is 5.78 Å². The van der Waals surface area contributed by atoms with Gasteiger partial charge in [-0.05, 0) is 95.2 Å². The Balaban J connectivity index is 1.64. The van der Waals surface area contributed by atoms with Crippen molar-refractivity contribution in [2.24, 2.45) is 0 Å². The average Bonchev–Trinajstić information content (AvgIpc) is 3.01. The van der Waals surface area contributed by atoms with Gasteiger partial charge in [-0.2, -0.15) is 25.2 Å². The van der Waals surface area contributed by atoms with Gasteiger partial charge in [-0.25, -0.2) is 8.78 Å². The highest BCUT2D eigenvalue weighted by Crippen LogP contribution is 2.70. The van der Waals surface area contributed by atoms with Crippen molar-refractivity contribution in [3.8, 4) is 0 Å². The lowest BCUT2D eigenvalue weighted by Gasteiger charge is -2.39. The van der Waals surface area contributed by atoms with Gasteiger partial charge in [-0.15, -0.1) is 0 Å². The fraction of sp³-hybridized carbons (Fsp3) is 0.0312.